The van der Waals surface area contributed by atoms with Gasteiger partial charge in [0.05, 0.1) is 11.4 Å². The molecule has 0 saturated heterocycles. The minimum Gasteiger partial charge on any atom is -0.474 e. The van der Waals surface area contributed by atoms with E-state index in [1.54, 1.807) is 41.9 Å². The lowest BCUT2D eigenvalue weighted by Crippen LogP contribution is -2.55. The second-order valence-corrected chi connectivity index (χ2v) is 11.6. The first kappa shape index (κ1) is 29.2. The van der Waals surface area contributed by atoms with Crippen molar-refractivity contribution >= 4 is 17.7 Å². The molecule has 1 aromatic carbocycles. The molecule has 1 aliphatic carbocycles. The maximum atomic E-state index is 13.3. The second-order valence-electron chi connectivity index (χ2n) is 10.4. The summed E-state index contributed by atoms with van der Waals surface area (Å²) in [6.07, 6.45) is 5.86. The Morgan fingerprint density at radius 2 is 1.85 bits per heavy atom. The van der Waals surface area contributed by atoms with E-state index in [0.717, 1.165) is 41.1 Å². The number of nitrogens with zero attached hydrogens (tertiary/aromatic N) is 4. The monoisotopic (exact) mass is 562 g/mol. The van der Waals surface area contributed by atoms with Crippen molar-refractivity contribution in [3.05, 3.63) is 76.8 Å². The Morgan fingerprint density at radius 1 is 1.15 bits per heavy atom. The van der Waals surface area contributed by atoms with Gasteiger partial charge in [-0.05, 0) is 76.1 Å². The first-order valence-electron chi connectivity index (χ1n) is 13.2. The first-order chi connectivity index (χ1) is 19.1. The number of nitrogens with two attached hydrogens (primary N) is 1. The number of rotatable bonds is 8. The summed E-state index contributed by atoms with van der Waals surface area (Å²) in [4.78, 5) is 29.2. The molecule has 4 aromatic rings. The van der Waals surface area contributed by atoms with E-state index < -0.39 is 5.54 Å². The fourth-order valence-corrected chi connectivity index (χ4v) is 5.33. The lowest BCUT2D eigenvalue weighted by molar-refractivity contribution is -0.112. The third-order valence-electron chi connectivity index (χ3n) is 6.98. The van der Waals surface area contributed by atoms with Crippen LogP contribution in [0.5, 0.6) is 5.88 Å². The molecule has 8 nitrogen and oxygen atoms in total. The van der Waals surface area contributed by atoms with E-state index in [1.807, 2.05) is 32.9 Å². The predicted molar refractivity (Wildman–Crippen MR) is 155 cm³/mol. The Kier molecular flexibility index (Phi) is 9.21. The number of ether oxygens (including phenoxy) is 1. The highest BCUT2D eigenvalue weighted by atomic mass is 32.1. The molecule has 1 saturated carbocycles. The molecule has 1 aliphatic rings. The van der Waals surface area contributed by atoms with Crippen LogP contribution in [-0.4, -0.2) is 38.5 Å². The average molecular weight is 563 g/mol. The first-order valence-corrected chi connectivity index (χ1v) is 14.1. The van der Waals surface area contributed by atoms with Crippen LogP contribution in [0.4, 0.5) is 4.39 Å². The third kappa shape index (κ3) is 7.05. The minimum atomic E-state index is -0.568. The van der Waals surface area contributed by atoms with Crippen molar-refractivity contribution < 1.29 is 13.9 Å². The molecule has 0 spiro atoms. The maximum absolute atomic E-state index is 13.3. The highest BCUT2D eigenvalue weighted by molar-refractivity contribution is 7.15. The van der Waals surface area contributed by atoms with E-state index in [2.05, 4.69) is 39.1 Å². The van der Waals surface area contributed by atoms with Gasteiger partial charge in [0, 0.05) is 52.8 Å². The topological polar surface area (TPSA) is 116 Å². The van der Waals surface area contributed by atoms with Crippen molar-refractivity contribution in [3.8, 4) is 28.0 Å². The Balaban J connectivity index is 0.000000236. The van der Waals surface area contributed by atoms with Gasteiger partial charge in [-0.3, -0.25) is 4.79 Å². The predicted octanol–water partition coefficient (Wildman–Crippen LogP) is 5.59. The lowest BCUT2D eigenvalue weighted by atomic mass is 9.75. The number of carbonyl (C=O) groups is 1. The molecule has 3 aromatic heterocycles. The molecule has 1 fully saturated rings. The van der Waals surface area contributed by atoms with E-state index >= 15 is 0 Å². The van der Waals surface area contributed by atoms with Gasteiger partial charge in [0.1, 0.15) is 11.9 Å². The van der Waals surface area contributed by atoms with Gasteiger partial charge in [0.25, 0.3) is 0 Å². The van der Waals surface area contributed by atoms with Crippen LogP contribution in [0.2, 0.25) is 0 Å². The van der Waals surface area contributed by atoms with Crippen molar-refractivity contribution in [1.29, 1.82) is 0 Å². The number of hydrogen-bond acceptors (Lipinski definition) is 8. The molecule has 40 heavy (non-hydrogen) atoms. The van der Waals surface area contributed by atoms with E-state index in [0.29, 0.717) is 17.4 Å². The quantitative estimate of drug-likeness (QED) is 0.269. The molecule has 210 valence electrons. The van der Waals surface area contributed by atoms with Crippen LogP contribution in [-0.2, 0) is 10.3 Å². The Hall–Kier alpha value is -3.76. The maximum Gasteiger partial charge on any atom is 0.214 e. The molecule has 3 unspecified atom stereocenters. The molecule has 3 heterocycles. The van der Waals surface area contributed by atoms with Crippen LogP contribution >= 0.6 is 11.3 Å². The van der Waals surface area contributed by atoms with Gasteiger partial charge < -0.3 is 15.8 Å². The van der Waals surface area contributed by atoms with E-state index in [9.17, 15) is 9.18 Å². The number of aryl methyl sites for hydroxylation is 2. The number of amides is 1. The number of nitrogens with one attached hydrogen (secondary N) is 1. The van der Waals surface area contributed by atoms with Gasteiger partial charge >= 0.3 is 0 Å². The number of pyridine rings is 1. The summed E-state index contributed by atoms with van der Waals surface area (Å²) in [6, 6.07) is 11.9. The molecular weight excluding hydrogens is 527 g/mol. The summed E-state index contributed by atoms with van der Waals surface area (Å²) in [5.74, 6) is 1.17. The lowest BCUT2D eigenvalue weighted by Gasteiger charge is -2.43. The van der Waals surface area contributed by atoms with Crippen molar-refractivity contribution in [2.24, 2.45) is 11.7 Å². The molecule has 5 rings (SSSR count). The molecule has 1 amide bonds. The average Bonchev–Trinajstić information content (AvgIpc) is 3.27. The normalized spacial score (nSPS) is 18.2. The van der Waals surface area contributed by atoms with Crippen molar-refractivity contribution in [3.63, 3.8) is 0 Å². The van der Waals surface area contributed by atoms with Gasteiger partial charge in [0.15, 0.2) is 10.8 Å². The number of benzene rings is 1. The largest absolute Gasteiger partial charge is 0.474 e. The second kappa shape index (κ2) is 12.6. The third-order valence-corrected chi connectivity index (χ3v) is 8.05. The standard InChI is InChI=1S/C21H26FN3O2.C9H9N3S/c1-4-16-18(24-12-26)11-19(16)27-20-10-14(21(2,3)23)9-17(25-20)13-5-7-15(22)8-6-13;1-6-7(2)13-9(12-6)8-10-4-3-5-11-8/h5-10,12,16,18-19H,4,11,23H2,1-3H3,(H,24,26);3-5H,1-2H3. The Morgan fingerprint density at radius 3 is 2.42 bits per heavy atom. The highest BCUT2D eigenvalue weighted by Crippen LogP contribution is 2.35. The van der Waals surface area contributed by atoms with Gasteiger partial charge in [-0.15, -0.1) is 11.3 Å². The Bertz CT molecular complexity index is 1400. The minimum absolute atomic E-state index is 0.00263. The number of halogens is 1. The van der Waals surface area contributed by atoms with Crippen molar-refractivity contribution in [2.45, 2.75) is 65.1 Å². The van der Waals surface area contributed by atoms with E-state index in [-0.39, 0.29) is 23.9 Å². The van der Waals surface area contributed by atoms with E-state index in [4.69, 9.17) is 10.5 Å². The molecule has 0 bridgehead atoms. The van der Waals surface area contributed by atoms with Crippen LogP contribution in [0.1, 0.15) is 49.7 Å². The molecule has 0 aliphatic heterocycles. The Labute approximate surface area is 238 Å². The highest BCUT2D eigenvalue weighted by Gasteiger charge is 2.41. The van der Waals surface area contributed by atoms with Gasteiger partial charge in [-0.1, -0.05) is 6.92 Å². The summed E-state index contributed by atoms with van der Waals surface area (Å²) >= 11 is 1.63. The number of hydrogen-bond donors (Lipinski definition) is 2. The van der Waals surface area contributed by atoms with Crippen LogP contribution in [0.25, 0.3) is 22.1 Å². The van der Waals surface area contributed by atoms with Gasteiger partial charge in [-0.25, -0.2) is 24.3 Å². The smallest absolute Gasteiger partial charge is 0.214 e. The van der Waals surface area contributed by atoms with Crippen LogP contribution in [0.3, 0.4) is 0 Å². The summed E-state index contributed by atoms with van der Waals surface area (Å²) in [6.45, 7) is 9.97. The molecule has 10 heteroatoms. The van der Waals surface area contributed by atoms with Crippen LogP contribution in [0.15, 0.2) is 54.9 Å². The van der Waals surface area contributed by atoms with Crippen molar-refractivity contribution in [1.82, 2.24) is 25.3 Å². The number of aromatic nitrogens is 4. The summed E-state index contributed by atoms with van der Waals surface area (Å²) in [5.41, 5.74) is 9.17. The molecule has 3 N–H and O–H groups in total. The summed E-state index contributed by atoms with van der Waals surface area (Å²) in [5, 5.41) is 3.74. The number of carbonyl (C=O) groups excluding carboxylic acids is 1. The fourth-order valence-electron chi connectivity index (χ4n) is 4.46. The zero-order chi connectivity index (χ0) is 28.9. The molecule has 0 radical (unpaired) electrons. The molecular formula is C30H35FN6O2S. The number of thiazole rings is 1. The summed E-state index contributed by atoms with van der Waals surface area (Å²) in [7, 11) is 0. The van der Waals surface area contributed by atoms with Crippen LogP contribution in [0, 0.1) is 25.6 Å². The van der Waals surface area contributed by atoms with Crippen LogP contribution < -0.4 is 15.8 Å². The fraction of sp³-hybridized carbons (Fsp3) is 0.367. The summed E-state index contributed by atoms with van der Waals surface area (Å²) < 4.78 is 19.4. The zero-order valence-electron chi connectivity index (χ0n) is 23.4. The van der Waals surface area contributed by atoms with Gasteiger partial charge in [0.2, 0.25) is 12.3 Å². The van der Waals surface area contributed by atoms with E-state index in [1.165, 1.54) is 17.0 Å². The SMILES string of the molecule is CCC1C(NC=O)CC1Oc1cc(C(C)(C)N)cc(-c2ccc(F)cc2)n1.Cc1nc(-c2ncccn2)sc1C. The van der Waals surface area contributed by atoms with Crippen molar-refractivity contribution in [2.75, 3.05) is 0 Å². The molecule has 3 atom stereocenters. The zero-order valence-corrected chi connectivity index (χ0v) is 24.2. The van der Waals surface area contributed by atoms with Gasteiger partial charge in [-0.2, -0.15) is 0 Å².